The summed E-state index contributed by atoms with van der Waals surface area (Å²) in [5.74, 6) is 0. The van der Waals surface area contributed by atoms with Gasteiger partial charge in [-0.15, -0.1) is 0 Å². The van der Waals surface area contributed by atoms with Crippen LogP contribution in [0, 0.1) is 0 Å². The summed E-state index contributed by atoms with van der Waals surface area (Å²) in [6.45, 7) is 5.17. The molecule has 102 valence electrons. The van der Waals surface area contributed by atoms with Gasteiger partial charge in [-0.25, -0.2) is 0 Å². The topological polar surface area (TPSA) is 30.5 Å². The number of hydrogen-bond acceptors (Lipinski definition) is 3. The first-order chi connectivity index (χ1) is 8.76. The summed E-state index contributed by atoms with van der Waals surface area (Å²) in [5.41, 5.74) is 2.58. The fourth-order valence-corrected chi connectivity index (χ4v) is 2.19. The summed E-state index contributed by atoms with van der Waals surface area (Å²) < 4.78 is 10.8. The molecule has 0 aromatic heterocycles. The quantitative estimate of drug-likeness (QED) is 0.721. The smallest absolute Gasteiger partial charge is 0.176 e. The van der Waals surface area contributed by atoms with Crippen LogP contribution < -0.4 is 5.32 Å². The zero-order chi connectivity index (χ0) is 13.4. The molecule has 3 heteroatoms. The number of rotatable bonds is 8. The average molecular weight is 251 g/mol. The van der Waals surface area contributed by atoms with Crippen LogP contribution in [0.2, 0.25) is 0 Å². The Morgan fingerprint density at radius 3 is 2.44 bits per heavy atom. The molecule has 0 amide bonds. The summed E-state index contributed by atoms with van der Waals surface area (Å²) in [6.07, 6.45) is 2.01. The van der Waals surface area contributed by atoms with Gasteiger partial charge in [0.1, 0.15) is 0 Å². The highest BCUT2D eigenvalue weighted by Gasteiger charge is 2.21. The maximum atomic E-state index is 5.38. The Kier molecular flexibility index (Phi) is 6.94. The minimum atomic E-state index is -0.262. The van der Waals surface area contributed by atoms with E-state index in [2.05, 4.69) is 43.4 Å². The van der Waals surface area contributed by atoms with Crippen LogP contribution in [0.3, 0.4) is 0 Å². The van der Waals surface area contributed by atoms with Gasteiger partial charge in [-0.3, -0.25) is 0 Å². The van der Waals surface area contributed by atoms with Gasteiger partial charge in [0.25, 0.3) is 0 Å². The van der Waals surface area contributed by atoms with E-state index in [1.165, 1.54) is 11.1 Å². The lowest BCUT2D eigenvalue weighted by Crippen LogP contribution is -2.34. The highest BCUT2D eigenvalue weighted by molar-refractivity contribution is 5.26. The highest BCUT2D eigenvalue weighted by atomic mass is 16.7. The predicted molar refractivity (Wildman–Crippen MR) is 74.7 cm³/mol. The van der Waals surface area contributed by atoms with Gasteiger partial charge in [0.2, 0.25) is 0 Å². The lowest BCUT2D eigenvalue weighted by molar-refractivity contribution is -0.123. The van der Waals surface area contributed by atoms with Crippen LogP contribution in [0.5, 0.6) is 0 Å². The van der Waals surface area contributed by atoms with Crippen molar-refractivity contribution < 1.29 is 9.47 Å². The monoisotopic (exact) mass is 251 g/mol. The van der Waals surface area contributed by atoms with Gasteiger partial charge in [0, 0.05) is 14.2 Å². The molecule has 0 saturated heterocycles. The van der Waals surface area contributed by atoms with Gasteiger partial charge in [-0.2, -0.15) is 0 Å². The Morgan fingerprint density at radius 1 is 1.17 bits per heavy atom. The number of nitrogens with one attached hydrogen (secondary N) is 1. The lowest BCUT2D eigenvalue weighted by Gasteiger charge is -2.26. The van der Waals surface area contributed by atoms with Crippen molar-refractivity contribution in [1.29, 1.82) is 0 Å². The predicted octanol–water partition coefficient (Wildman–Crippen LogP) is 2.91. The zero-order valence-electron chi connectivity index (χ0n) is 11.9. The van der Waals surface area contributed by atoms with Crippen LogP contribution in [0.4, 0.5) is 0 Å². The van der Waals surface area contributed by atoms with Crippen molar-refractivity contribution in [3.05, 3.63) is 35.4 Å². The molecule has 0 bridgehead atoms. The molecule has 0 aliphatic rings. The van der Waals surface area contributed by atoms with Crippen molar-refractivity contribution in [2.24, 2.45) is 0 Å². The summed E-state index contributed by atoms with van der Waals surface area (Å²) in [7, 11) is 3.35. The molecule has 0 aliphatic heterocycles. The first-order valence-electron chi connectivity index (χ1n) is 6.64. The Bertz CT molecular complexity index is 337. The van der Waals surface area contributed by atoms with E-state index < -0.39 is 0 Å². The van der Waals surface area contributed by atoms with Gasteiger partial charge in [-0.1, -0.05) is 44.5 Å². The van der Waals surface area contributed by atoms with E-state index >= 15 is 0 Å². The number of aryl methyl sites for hydroxylation is 1. The summed E-state index contributed by atoms with van der Waals surface area (Å²) in [4.78, 5) is 0. The number of benzene rings is 1. The normalized spacial score (nSPS) is 12.9. The van der Waals surface area contributed by atoms with Gasteiger partial charge < -0.3 is 14.8 Å². The molecule has 1 aromatic carbocycles. The summed E-state index contributed by atoms with van der Waals surface area (Å²) in [6, 6.07) is 8.71. The van der Waals surface area contributed by atoms with E-state index in [1.807, 2.05) is 0 Å². The fraction of sp³-hybridized carbons (Fsp3) is 0.600. The molecule has 0 radical (unpaired) electrons. The standard InChI is InChI=1S/C15H25NO2/c1-5-8-12-9-7-10-13(11-12)14(16-6-2)15(17-3)18-4/h7,9-11,14-16H,5-6,8H2,1-4H3. The Labute approximate surface area is 110 Å². The van der Waals surface area contributed by atoms with Crippen LogP contribution in [-0.4, -0.2) is 27.1 Å². The highest BCUT2D eigenvalue weighted by Crippen LogP contribution is 2.21. The van der Waals surface area contributed by atoms with Crippen LogP contribution in [-0.2, 0) is 15.9 Å². The van der Waals surface area contributed by atoms with E-state index in [-0.39, 0.29) is 12.3 Å². The third kappa shape index (κ3) is 4.09. The maximum absolute atomic E-state index is 5.38. The van der Waals surface area contributed by atoms with Gasteiger partial charge in [0.15, 0.2) is 6.29 Å². The largest absolute Gasteiger partial charge is 0.354 e. The Hall–Kier alpha value is -0.900. The van der Waals surface area contributed by atoms with Crippen molar-refractivity contribution in [3.63, 3.8) is 0 Å². The van der Waals surface area contributed by atoms with E-state index in [4.69, 9.17) is 9.47 Å². The van der Waals surface area contributed by atoms with E-state index in [0.717, 1.165) is 19.4 Å². The first-order valence-corrected chi connectivity index (χ1v) is 6.64. The Balaban J connectivity index is 2.93. The van der Waals surface area contributed by atoms with E-state index in [1.54, 1.807) is 14.2 Å². The second-order valence-electron chi connectivity index (χ2n) is 4.37. The molecule has 0 spiro atoms. The molecular weight excluding hydrogens is 226 g/mol. The molecular formula is C15H25NO2. The minimum absolute atomic E-state index is 0.0711. The van der Waals surface area contributed by atoms with Crippen molar-refractivity contribution in [3.8, 4) is 0 Å². The second-order valence-corrected chi connectivity index (χ2v) is 4.37. The van der Waals surface area contributed by atoms with Gasteiger partial charge in [0.05, 0.1) is 6.04 Å². The number of methoxy groups -OCH3 is 2. The number of ether oxygens (including phenoxy) is 2. The molecule has 0 aliphatic carbocycles. The third-order valence-electron chi connectivity index (χ3n) is 3.01. The molecule has 1 N–H and O–H groups in total. The zero-order valence-corrected chi connectivity index (χ0v) is 11.9. The van der Waals surface area contributed by atoms with E-state index in [0.29, 0.717) is 0 Å². The Morgan fingerprint density at radius 2 is 1.89 bits per heavy atom. The maximum Gasteiger partial charge on any atom is 0.176 e. The van der Waals surface area contributed by atoms with Crippen LogP contribution >= 0.6 is 0 Å². The fourth-order valence-electron chi connectivity index (χ4n) is 2.19. The van der Waals surface area contributed by atoms with Crippen LogP contribution in [0.1, 0.15) is 37.4 Å². The molecule has 18 heavy (non-hydrogen) atoms. The minimum Gasteiger partial charge on any atom is -0.354 e. The van der Waals surface area contributed by atoms with Crippen LogP contribution in [0.15, 0.2) is 24.3 Å². The lowest BCUT2D eigenvalue weighted by atomic mass is 10.0. The van der Waals surface area contributed by atoms with Crippen molar-refractivity contribution in [2.75, 3.05) is 20.8 Å². The van der Waals surface area contributed by atoms with Crippen molar-refractivity contribution in [1.82, 2.24) is 5.32 Å². The molecule has 0 saturated carbocycles. The molecule has 1 atom stereocenters. The summed E-state index contributed by atoms with van der Waals surface area (Å²) >= 11 is 0. The van der Waals surface area contributed by atoms with Crippen molar-refractivity contribution in [2.45, 2.75) is 39.0 Å². The molecule has 3 nitrogen and oxygen atoms in total. The third-order valence-corrected chi connectivity index (χ3v) is 3.01. The molecule has 1 unspecified atom stereocenters. The van der Waals surface area contributed by atoms with E-state index in [9.17, 15) is 0 Å². The first kappa shape index (κ1) is 15.2. The van der Waals surface area contributed by atoms with Gasteiger partial charge >= 0.3 is 0 Å². The average Bonchev–Trinajstić information content (AvgIpc) is 2.40. The number of likely N-dealkylation sites (N-methyl/N-ethyl adjacent to an activating group) is 1. The number of hydrogen-bond donors (Lipinski definition) is 1. The molecule has 1 aromatic rings. The van der Waals surface area contributed by atoms with Gasteiger partial charge in [-0.05, 0) is 24.1 Å². The van der Waals surface area contributed by atoms with Crippen molar-refractivity contribution >= 4 is 0 Å². The second kappa shape index (κ2) is 8.25. The molecule has 0 fully saturated rings. The molecule has 0 heterocycles. The molecule has 1 rings (SSSR count). The summed E-state index contributed by atoms with van der Waals surface area (Å²) in [5, 5.41) is 3.42. The SMILES string of the molecule is CCCc1cccc(C(NCC)C(OC)OC)c1. The van der Waals surface area contributed by atoms with Crippen LogP contribution in [0.25, 0.3) is 0 Å².